The van der Waals surface area contributed by atoms with Gasteiger partial charge in [0.25, 0.3) is 5.89 Å². The normalized spacial score (nSPS) is 15.9. The van der Waals surface area contributed by atoms with E-state index in [2.05, 4.69) is 15.1 Å². The number of carbonyl (C=O) groups is 1. The molecule has 0 aliphatic carbocycles. The zero-order valence-corrected chi connectivity index (χ0v) is 17.2. The van der Waals surface area contributed by atoms with Crippen molar-refractivity contribution in [1.82, 2.24) is 24.9 Å². The molecule has 8 nitrogen and oxygen atoms in total. The van der Waals surface area contributed by atoms with Crippen molar-refractivity contribution in [3.63, 3.8) is 0 Å². The second-order valence-electron chi connectivity index (χ2n) is 7.08. The Balaban J connectivity index is 1.49. The van der Waals surface area contributed by atoms with Crippen molar-refractivity contribution in [2.24, 2.45) is 0 Å². The van der Waals surface area contributed by atoms with Gasteiger partial charge in [-0.3, -0.25) is 4.98 Å². The zero-order chi connectivity index (χ0) is 20.9. The summed E-state index contributed by atoms with van der Waals surface area (Å²) in [7, 11) is 0. The quantitative estimate of drug-likeness (QED) is 0.619. The Morgan fingerprint density at radius 1 is 1.20 bits per heavy atom. The van der Waals surface area contributed by atoms with Crippen LogP contribution in [0.25, 0.3) is 22.8 Å². The van der Waals surface area contributed by atoms with Crippen LogP contribution in [0.5, 0.6) is 5.75 Å². The molecule has 4 rings (SSSR count). The first kappa shape index (κ1) is 19.9. The molecular formula is C22H25N5O3. The van der Waals surface area contributed by atoms with Gasteiger partial charge in [-0.25, -0.2) is 4.79 Å². The number of amides is 2. The number of rotatable bonds is 6. The lowest BCUT2D eigenvalue weighted by molar-refractivity contribution is 0.156. The first-order valence-corrected chi connectivity index (χ1v) is 10.2. The van der Waals surface area contributed by atoms with Crippen LogP contribution in [0.1, 0.15) is 20.3 Å². The molecule has 1 aliphatic rings. The van der Waals surface area contributed by atoms with Gasteiger partial charge in [0, 0.05) is 44.0 Å². The Kier molecular flexibility index (Phi) is 5.92. The zero-order valence-electron chi connectivity index (χ0n) is 17.2. The summed E-state index contributed by atoms with van der Waals surface area (Å²) in [5.74, 6) is 1.56. The van der Waals surface area contributed by atoms with Gasteiger partial charge in [-0.1, -0.05) is 17.3 Å². The summed E-state index contributed by atoms with van der Waals surface area (Å²) in [5.41, 5.74) is 1.57. The average molecular weight is 407 g/mol. The third-order valence-corrected chi connectivity index (χ3v) is 5.23. The van der Waals surface area contributed by atoms with E-state index in [0.717, 1.165) is 17.5 Å². The van der Waals surface area contributed by atoms with Crippen molar-refractivity contribution in [3.8, 4) is 28.6 Å². The number of para-hydroxylation sites is 1. The van der Waals surface area contributed by atoms with Crippen LogP contribution in [0.4, 0.5) is 4.79 Å². The molecule has 3 aromatic rings. The molecule has 1 aromatic carbocycles. The van der Waals surface area contributed by atoms with Crippen molar-refractivity contribution in [2.75, 3.05) is 26.2 Å². The number of urea groups is 1. The summed E-state index contributed by atoms with van der Waals surface area (Å²) in [6, 6.07) is 11.3. The topological polar surface area (TPSA) is 84.6 Å². The summed E-state index contributed by atoms with van der Waals surface area (Å²) in [4.78, 5) is 24.8. The maximum atomic E-state index is 12.6. The van der Waals surface area contributed by atoms with Gasteiger partial charge in [-0.05, 0) is 38.1 Å². The minimum Gasteiger partial charge on any atom is -0.488 e. The fourth-order valence-corrected chi connectivity index (χ4v) is 3.57. The fraction of sp³-hybridized carbons (Fsp3) is 0.364. The minimum atomic E-state index is -0.0757. The van der Waals surface area contributed by atoms with Gasteiger partial charge < -0.3 is 19.1 Å². The van der Waals surface area contributed by atoms with Gasteiger partial charge in [0.15, 0.2) is 0 Å². The third kappa shape index (κ3) is 4.12. The van der Waals surface area contributed by atoms with Gasteiger partial charge in [0.05, 0.1) is 12.1 Å². The van der Waals surface area contributed by atoms with E-state index in [4.69, 9.17) is 9.26 Å². The van der Waals surface area contributed by atoms with Crippen LogP contribution in [-0.4, -0.2) is 63.2 Å². The number of ether oxygens (including phenoxy) is 1. The lowest BCUT2D eigenvalue weighted by Crippen LogP contribution is -2.42. The smallest absolute Gasteiger partial charge is 0.320 e. The van der Waals surface area contributed by atoms with Gasteiger partial charge in [0.1, 0.15) is 11.9 Å². The molecule has 1 fully saturated rings. The molecule has 0 N–H and O–H groups in total. The number of likely N-dealkylation sites (tertiary alicyclic amines) is 1. The molecule has 0 radical (unpaired) electrons. The monoisotopic (exact) mass is 407 g/mol. The van der Waals surface area contributed by atoms with E-state index in [0.29, 0.717) is 43.6 Å². The Hall–Kier alpha value is -3.42. The van der Waals surface area contributed by atoms with Crippen LogP contribution in [-0.2, 0) is 0 Å². The van der Waals surface area contributed by atoms with Crippen LogP contribution in [0, 0.1) is 0 Å². The second kappa shape index (κ2) is 8.94. The van der Waals surface area contributed by atoms with E-state index in [-0.39, 0.29) is 12.1 Å². The van der Waals surface area contributed by atoms with Crippen LogP contribution in [0.3, 0.4) is 0 Å². The highest BCUT2D eigenvalue weighted by Crippen LogP contribution is 2.32. The molecule has 0 saturated carbocycles. The Morgan fingerprint density at radius 2 is 1.97 bits per heavy atom. The predicted molar refractivity (Wildman–Crippen MR) is 112 cm³/mol. The largest absolute Gasteiger partial charge is 0.488 e. The predicted octanol–water partition coefficient (Wildman–Crippen LogP) is 3.71. The number of hydrogen-bond donors (Lipinski definition) is 0. The average Bonchev–Trinajstić information content (AvgIpc) is 3.46. The van der Waals surface area contributed by atoms with E-state index in [1.165, 1.54) is 0 Å². The maximum absolute atomic E-state index is 12.6. The van der Waals surface area contributed by atoms with Crippen LogP contribution in [0.2, 0.25) is 0 Å². The number of benzene rings is 1. The standard InChI is InChI=1S/C22H25N5O3/c1-3-26(4-2)22(28)27-14-11-17(15-27)29-19-8-6-5-7-18(19)21-24-20(25-30-21)16-9-12-23-13-10-16/h5-10,12-13,17H,3-4,11,14-15H2,1-2H3. The van der Waals surface area contributed by atoms with Crippen LogP contribution < -0.4 is 4.74 Å². The van der Waals surface area contributed by atoms with Crippen molar-refractivity contribution < 1.29 is 14.1 Å². The number of aromatic nitrogens is 3. The third-order valence-electron chi connectivity index (χ3n) is 5.23. The van der Waals surface area contributed by atoms with Gasteiger partial charge in [-0.15, -0.1) is 0 Å². The summed E-state index contributed by atoms with van der Waals surface area (Å²) >= 11 is 0. The Labute approximate surface area is 175 Å². The van der Waals surface area contributed by atoms with E-state index < -0.39 is 0 Å². The molecule has 0 bridgehead atoms. The SMILES string of the molecule is CCN(CC)C(=O)N1CCC(Oc2ccccc2-c2nc(-c3ccncc3)no2)C1. The van der Waals surface area contributed by atoms with Gasteiger partial charge >= 0.3 is 6.03 Å². The second-order valence-corrected chi connectivity index (χ2v) is 7.08. The molecule has 1 saturated heterocycles. The highest BCUT2D eigenvalue weighted by atomic mass is 16.5. The molecule has 8 heteroatoms. The highest BCUT2D eigenvalue weighted by molar-refractivity contribution is 5.74. The fourth-order valence-electron chi connectivity index (χ4n) is 3.57. The highest BCUT2D eigenvalue weighted by Gasteiger charge is 2.30. The molecule has 2 amide bonds. The molecule has 1 aliphatic heterocycles. The molecule has 30 heavy (non-hydrogen) atoms. The lowest BCUT2D eigenvalue weighted by atomic mass is 10.2. The van der Waals surface area contributed by atoms with Crippen molar-refractivity contribution in [3.05, 3.63) is 48.8 Å². The minimum absolute atomic E-state index is 0.0679. The van der Waals surface area contributed by atoms with E-state index >= 15 is 0 Å². The molecule has 1 unspecified atom stereocenters. The Morgan fingerprint density at radius 3 is 2.73 bits per heavy atom. The first-order valence-electron chi connectivity index (χ1n) is 10.2. The van der Waals surface area contributed by atoms with Crippen molar-refractivity contribution in [2.45, 2.75) is 26.4 Å². The Bertz CT molecular complexity index is 987. The summed E-state index contributed by atoms with van der Waals surface area (Å²) in [6.07, 6.45) is 4.09. The summed E-state index contributed by atoms with van der Waals surface area (Å²) in [5, 5.41) is 4.08. The van der Waals surface area contributed by atoms with Crippen molar-refractivity contribution in [1.29, 1.82) is 0 Å². The van der Waals surface area contributed by atoms with Gasteiger partial charge in [0.2, 0.25) is 5.82 Å². The summed E-state index contributed by atoms with van der Waals surface area (Å²) in [6.45, 7) is 6.65. The lowest BCUT2D eigenvalue weighted by Gasteiger charge is -2.26. The number of hydrogen-bond acceptors (Lipinski definition) is 6. The number of carbonyl (C=O) groups excluding carboxylic acids is 1. The molecule has 3 heterocycles. The molecule has 1 atom stereocenters. The van der Waals surface area contributed by atoms with E-state index in [9.17, 15) is 4.79 Å². The maximum Gasteiger partial charge on any atom is 0.320 e. The number of pyridine rings is 1. The van der Waals surface area contributed by atoms with Crippen LogP contribution in [0.15, 0.2) is 53.3 Å². The van der Waals surface area contributed by atoms with E-state index in [1.807, 2.05) is 60.0 Å². The number of nitrogens with zero attached hydrogens (tertiary/aromatic N) is 5. The molecule has 2 aromatic heterocycles. The molecule has 0 spiro atoms. The summed E-state index contributed by atoms with van der Waals surface area (Å²) < 4.78 is 11.8. The van der Waals surface area contributed by atoms with Crippen LogP contribution >= 0.6 is 0 Å². The van der Waals surface area contributed by atoms with Crippen molar-refractivity contribution >= 4 is 6.03 Å². The molecule has 156 valence electrons. The van der Waals surface area contributed by atoms with E-state index in [1.54, 1.807) is 12.4 Å². The van der Waals surface area contributed by atoms with Gasteiger partial charge in [-0.2, -0.15) is 4.98 Å². The first-order chi connectivity index (χ1) is 14.7. The molecular weight excluding hydrogens is 382 g/mol.